The quantitative estimate of drug-likeness (QED) is 0.803. The summed E-state index contributed by atoms with van der Waals surface area (Å²) >= 11 is 0. The molecule has 0 aliphatic heterocycles. The molecule has 0 spiro atoms. The first-order chi connectivity index (χ1) is 10.6. The first-order valence-corrected chi connectivity index (χ1v) is 8.79. The molecule has 7 heteroatoms. The van der Waals surface area contributed by atoms with Crippen LogP contribution in [-0.4, -0.2) is 35.6 Å². The van der Waals surface area contributed by atoms with E-state index in [0.29, 0.717) is 19.6 Å². The third-order valence-electron chi connectivity index (χ3n) is 3.50. The largest absolute Gasteiger partial charge is 0.279 e. The minimum Gasteiger partial charge on any atom is -0.268 e. The van der Waals surface area contributed by atoms with E-state index in [2.05, 4.69) is 9.82 Å². The standard InChI is InChI=1S/C15H22N4O2S/c1-3-19(4-2)22(20,21)17-12-14-8-5-6-9-15(14)13-18-11-7-10-16-18/h5-11,17H,3-4,12-13H2,1-2H3. The molecule has 2 aromatic rings. The maximum absolute atomic E-state index is 12.2. The Morgan fingerprint density at radius 2 is 1.82 bits per heavy atom. The number of nitrogens with zero attached hydrogens (tertiary/aromatic N) is 3. The zero-order valence-electron chi connectivity index (χ0n) is 12.9. The topological polar surface area (TPSA) is 67.2 Å². The highest BCUT2D eigenvalue weighted by Crippen LogP contribution is 2.11. The Labute approximate surface area is 131 Å². The highest BCUT2D eigenvalue weighted by atomic mass is 32.2. The van der Waals surface area contributed by atoms with E-state index in [1.165, 1.54) is 4.31 Å². The zero-order chi connectivity index (χ0) is 16.0. The SMILES string of the molecule is CCN(CC)S(=O)(=O)NCc1ccccc1Cn1cccn1. The summed E-state index contributed by atoms with van der Waals surface area (Å²) in [7, 11) is -3.44. The van der Waals surface area contributed by atoms with Gasteiger partial charge < -0.3 is 0 Å². The molecule has 1 N–H and O–H groups in total. The lowest BCUT2D eigenvalue weighted by Crippen LogP contribution is -2.40. The van der Waals surface area contributed by atoms with Crippen LogP contribution >= 0.6 is 0 Å². The van der Waals surface area contributed by atoms with Gasteiger partial charge in [-0.25, -0.2) is 0 Å². The summed E-state index contributed by atoms with van der Waals surface area (Å²) in [5.74, 6) is 0. The summed E-state index contributed by atoms with van der Waals surface area (Å²) < 4.78 is 30.3. The van der Waals surface area contributed by atoms with Crippen LogP contribution in [0.2, 0.25) is 0 Å². The second kappa shape index (κ2) is 7.53. The molecule has 0 radical (unpaired) electrons. The maximum atomic E-state index is 12.2. The molecule has 0 saturated carbocycles. The van der Waals surface area contributed by atoms with E-state index < -0.39 is 10.2 Å². The van der Waals surface area contributed by atoms with Crippen molar-refractivity contribution >= 4 is 10.2 Å². The molecule has 2 rings (SSSR count). The molecule has 1 aromatic heterocycles. The molecule has 6 nitrogen and oxygen atoms in total. The van der Waals surface area contributed by atoms with Crippen molar-refractivity contribution in [3.63, 3.8) is 0 Å². The van der Waals surface area contributed by atoms with Crippen molar-refractivity contribution in [1.82, 2.24) is 18.8 Å². The molecule has 0 aliphatic carbocycles. The van der Waals surface area contributed by atoms with Gasteiger partial charge in [0.05, 0.1) is 6.54 Å². The number of aromatic nitrogens is 2. The molecule has 0 bridgehead atoms. The number of benzene rings is 1. The zero-order valence-corrected chi connectivity index (χ0v) is 13.8. The van der Waals surface area contributed by atoms with Crippen LogP contribution in [0.5, 0.6) is 0 Å². The van der Waals surface area contributed by atoms with E-state index in [4.69, 9.17) is 0 Å². The molecule has 0 aliphatic rings. The van der Waals surface area contributed by atoms with Crippen LogP contribution in [0, 0.1) is 0 Å². The normalized spacial score (nSPS) is 12.0. The van der Waals surface area contributed by atoms with Gasteiger partial charge in [-0.2, -0.15) is 22.5 Å². The second-order valence-corrected chi connectivity index (χ2v) is 6.64. The lowest BCUT2D eigenvalue weighted by Gasteiger charge is -2.19. The predicted octanol–water partition coefficient (Wildman–Crippen LogP) is 1.61. The summed E-state index contributed by atoms with van der Waals surface area (Å²) in [6.45, 7) is 5.47. The molecule has 0 fully saturated rings. The maximum Gasteiger partial charge on any atom is 0.279 e. The van der Waals surface area contributed by atoms with Crippen LogP contribution in [0.25, 0.3) is 0 Å². The number of nitrogens with one attached hydrogen (secondary N) is 1. The van der Waals surface area contributed by atoms with Crippen molar-refractivity contribution in [3.05, 3.63) is 53.9 Å². The molecule has 0 saturated heterocycles. The van der Waals surface area contributed by atoms with Crippen molar-refractivity contribution < 1.29 is 8.42 Å². The van der Waals surface area contributed by atoms with Crippen LogP contribution in [0.3, 0.4) is 0 Å². The van der Waals surface area contributed by atoms with Crippen LogP contribution in [0.4, 0.5) is 0 Å². The molecular formula is C15H22N4O2S. The van der Waals surface area contributed by atoms with Gasteiger partial charge in [-0.3, -0.25) is 4.68 Å². The van der Waals surface area contributed by atoms with Crippen LogP contribution < -0.4 is 4.72 Å². The summed E-state index contributed by atoms with van der Waals surface area (Å²) in [4.78, 5) is 0. The Bertz CT molecular complexity index is 679. The van der Waals surface area contributed by atoms with Gasteiger partial charge >= 0.3 is 0 Å². The summed E-state index contributed by atoms with van der Waals surface area (Å²) in [5.41, 5.74) is 2.00. The third kappa shape index (κ3) is 4.16. The van der Waals surface area contributed by atoms with Crippen LogP contribution in [0.1, 0.15) is 25.0 Å². The smallest absolute Gasteiger partial charge is 0.268 e. The molecule has 120 valence electrons. The minimum absolute atomic E-state index is 0.274. The fourth-order valence-electron chi connectivity index (χ4n) is 2.28. The monoisotopic (exact) mass is 322 g/mol. The molecule has 22 heavy (non-hydrogen) atoms. The molecule has 1 aromatic carbocycles. The van der Waals surface area contributed by atoms with Gasteiger partial charge in [0, 0.05) is 32.0 Å². The van der Waals surface area contributed by atoms with E-state index >= 15 is 0 Å². The Kier molecular flexibility index (Phi) is 5.70. The average Bonchev–Trinajstić information content (AvgIpc) is 3.00. The summed E-state index contributed by atoms with van der Waals surface area (Å²) in [6.07, 6.45) is 3.61. The Balaban J connectivity index is 2.10. The first-order valence-electron chi connectivity index (χ1n) is 7.35. The predicted molar refractivity (Wildman–Crippen MR) is 86.5 cm³/mol. The molecule has 0 amide bonds. The Hall–Kier alpha value is -1.70. The van der Waals surface area contributed by atoms with Gasteiger partial charge in [0.2, 0.25) is 0 Å². The van der Waals surface area contributed by atoms with E-state index in [0.717, 1.165) is 11.1 Å². The summed E-state index contributed by atoms with van der Waals surface area (Å²) in [6, 6.07) is 9.65. The van der Waals surface area contributed by atoms with Gasteiger partial charge in [0.15, 0.2) is 0 Å². The van der Waals surface area contributed by atoms with E-state index in [1.54, 1.807) is 6.20 Å². The van der Waals surface area contributed by atoms with Crippen molar-refractivity contribution in [2.75, 3.05) is 13.1 Å². The van der Waals surface area contributed by atoms with Crippen molar-refractivity contribution in [2.24, 2.45) is 0 Å². The van der Waals surface area contributed by atoms with Gasteiger partial charge in [-0.1, -0.05) is 38.1 Å². The third-order valence-corrected chi connectivity index (χ3v) is 5.21. The molecular weight excluding hydrogens is 300 g/mol. The summed E-state index contributed by atoms with van der Waals surface area (Å²) in [5, 5.41) is 4.19. The van der Waals surface area contributed by atoms with Crippen LogP contribution in [-0.2, 0) is 23.3 Å². The van der Waals surface area contributed by atoms with E-state index in [-0.39, 0.29) is 6.54 Å². The number of hydrogen-bond donors (Lipinski definition) is 1. The lowest BCUT2D eigenvalue weighted by molar-refractivity contribution is 0.434. The average molecular weight is 322 g/mol. The van der Waals surface area contributed by atoms with Gasteiger partial charge in [0.25, 0.3) is 10.2 Å². The fourth-order valence-corrected chi connectivity index (χ4v) is 3.48. The first kappa shape index (κ1) is 16.7. The van der Waals surface area contributed by atoms with Crippen LogP contribution in [0.15, 0.2) is 42.7 Å². The van der Waals surface area contributed by atoms with Crippen molar-refractivity contribution in [1.29, 1.82) is 0 Å². The van der Waals surface area contributed by atoms with Crippen molar-refractivity contribution in [3.8, 4) is 0 Å². The minimum atomic E-state index is -3.44. The fraction of sp³-hybridized carbons (Fsp3) is 0.400. The Morgan fingerprint density at radius 1 is 1.14 bits per heavy atom. The second-order valence-electron chi connectivity index (χ2n) is 4.88. The number of hydrogen-bond acceptors (Lipinski definition) is 3. The van der Waals surface area contributed by atoms with Gasteiger partial charge in [-0.15, -0.1) is 0 Å². The Morgan fingerprint density at radius 3 is 2.41 bits per heavy atom. The van der Waals surface area contributed by atoms with E-state index in [9.17, 15) is 8.42 Å². The highest BCUT2D eigenvalue weighted by molar-refractivity contribution is 7.87. The van der Waals surface area contributed by atoms with Gasteiger partial charge in [0.1, 0.15) is 0 Å². The molecule has 0 atom stereocenters. The van der Waals surface area contributed by atoms with Gasteiger partial charge in [-0.05, 0) is 17.2 Å². The lowest BCUT2D eigenvalue weighted by atomic mass is 10.1. The molecule has 0 unspecified atom stereocenters. The number of rotatable bonds is 8. The van der Waals surface area contributed by atoms with Crippen molar-refractivity contribution in [2.45, 2.75) is 26.9 Å². The molecule has 1 heterocycles. The highest BCUT2D eigenvalue weighted by Gasteiger charge is 2.18. The van der Waals surface area contributed by atoms with E-state index in [1.807, 2.05) is 55.1 Å².